The van der Waals surface area contributed by atoms with Crippen LogP contribution >= 0.6 is 11.3 Å². The molecule has 1 aromatic heterocycles. The Morgan fingerprint density at radius 1 is 1.64 bits per heavy atom. The largest absolute Gasteiger partial charge is 0.323 e. The van der Waals surface area contributed by atoms with E-state index in [2.05, 4.69) is 18.9 Å². The zero-order chi connectivity index (χ0) is 8.27. The van der Waals surface area contributed by atoms with Crippen molar-refractivity contribution >= 4 is 17.0 Å². The van der Waals surface area contributed by atoms with Crippen molar-refractivity contribution in [2.45, 2.75) is 13.8 Å². The molecule has 0 bridgehead atoms. The minimum atomic E-state index is 0.402. The Labute approximate surface area is 70.7 Å². The van der Waals surface area contributed by atoms with Gasteiger partial charge in [0.15, 0.2) is 0 Å². The summed E-state index contributed by atoms with van der Waals surface area (Å²) >= 11 is 1.67. The summed E-state index contributed by atoms with van der Waals surface area (Å²) in [5, 5.41) is 5.79. The molecule has 0 saturated heterocycles. The molecular weight excluding hydrogens is 156 g/mol. The van der Waals surface area contributed by atoms with Crippen LogP contribution in [0.4, 0.5) is 0 Å². The molecule has 0 radical (unpaired) electrons. The maximum atomic E-state index is 5.26. The molecule has 3 heteroatoms. The molecule has 0 aliphatic carbocycles. The number of hydrogen-bond acceptors (Lipinski definition) is 3. The molecule has 0 spiro atoms. The fraction of sp³-hybridized carbons (Fsp3) is 0.375. The lowest BCUT2D eigenvalue weighted by Gasteiger charge is -2.04. The predicted octanol–water partition coefficient (Wildman–Crippen LogP) is 2.07. The van der Waals surface area contributed by atoms with Gasteiger partial charge in [-0.3, -0.25) is 0 Å². The van der Waals surface area contributed by atoms with E-state index >= 15 is 0 Å². The summed E-state index contributed by atoms with van der Waals surface area (Å²) in [4.78, 5) is 1.17. The van der Waals surface area contributed by atoms with Crippen LogP contribution in [-0.2, 0) is 0 Å². The second-order valence-electron chi connectivity index (χ2n) is 2.65. The van der Waals surface area contributed by atoms with Gasteiger partial charge in [0, 0.05) is 0 Å². The highest BCUT2D eigenvalue weighted by Gasteiger charge is 2.07. The Bertz CT molecular complexity index is 237. The fourth-order valence-corrected chi connectivity index (χ4v) is 1.79. The molecule has 0 atom stereocenters. The van der Waals surface area contributed by atoms with Crippen LogP contribution in [0.1, 0.15) is 18.7 Å². The lowest BCUT2D eigenvalue weighted by Crippen LogP contribution is -2.09. The quantitative estimate of drug-likeness (QED) is 0.410. The molecule has 0 aromatic carbocycles. The third kappa shape index (κ3) is 1.80. The Hall–Kier alpha value is -0.830. The summed E-state index contributed by atoms with van der Waals surface area (Å²) in [5.74, 6) is 5.66. The van der Waals surface area contributed by atoms with Crippen molar-refractivity contribution in [1.82, 2.24) is 0 Å². The molecule has 2 N–H and O–H groups in total. The lowest BCUT2D eigenvalue weighted by molar-refractivity contribution is 0.878. The van der Waals surface area contributed by atoms with Crippen LogP contribution in [0.3, 0.4) is 0 Å². The maximum absolute atomic E-state index is 5.26. The van der Waals surface area contributed by atoms with Crippen LogP contribution in [0.15, 0.2) is 22.6 Å². The van der Waals surface area contributed by atoms with Crippen molar-refractivity contribution in [3.63, 3.8) is 0 Å². The molecule has 2 nitrogen and oxygen atoms in total. The number of rotatable bonds is 2. The first-order chi connectivity index (χ1) is 5.25. The van der Waals surface area contributed by atoms with E-state index in [0.29, 0.717) is 5.92 Å². The van der Waals surface area contributed by atoms with Crippen LogP contribution in [-0.4, -0.2) is 5.71 Å². The van der Waals surface area contributed by atoms with Crippen molar-refractivity contribution < 1.29 is 0 Å². The molecule has 0 unspecified atom stereocenters. The molecule has 1 rings (SSSR count). The normalized spacial score (nSPS) is 12.5. The SMILES string of the molecule is CC(C)C(=NN)c1cccs1. The van der Waals surface area contributed by atoms with Gasteiger partial charge in [-0.25, -0.2) is 0 Å². The molecule has 60 valence electrons. The minimum absolute atomic E-state index is 0.402. The van der Waals surface area contributed by atoms with Gasteiger partial charge in [0.25, 0.3) is 0 Å². The standard InChI is InChI=1S/C8H12N2S/c1-6(2)8(10-9)7-4-3-5-11-7/h3-6H,9H2,1-2H3. The van der Waals surface area contributed by atoms with E-state index in [1.807, 2.05) is 17.5 Å². The summed E-state index contributed by atoms with van der Waals surface area (Å²) in [7, 11) is 0. The van der Waals surface area contributed by atoms with Crippen molar-refractivity contribution in [2.75, 3.05) is 0 Å². The second-order valence-corrected chi connectivity index (χ2v) is 3.59. The van der Waals surface area contributed by atoms with Gasteiger partial charge in [0.1, 0.15) is 0 Å². The number of nitrogens with two attached hydrogens (primary N) is 1. The van der Waals surface area contributed by atoms with Gasteiger partial charge < -0.3 is 5.84 Å². The van der Waals surface area contributed by atoms with Gasteiger partial charge in [-0.15, -0.1) is 11.3 Å². The van der Waals surface area contributed by atoms with E-state index in [0.717, 1.165) is 5.71 Å². The first-order valence-electron chi connectivity index (χ1n) is 3.57. The summed E-state index contributed by atoms with van der Waals surface area (Å²) in [6.07, 6.45) is 0. The van der Waals surface area contributed by atoms with Gasteiger partial charge >= 0.3 is 0 Å². The van der Waals surface area contributed by atoms with Gasteiger partial charge in [0.2, 0.25) is 0 Å². The smallest absolute Gasteiger partial charge is 0.0797 e. The summed E-state index contributed by atoms with van der Waals surface area (Å²) < 4.78 is 0. The summed E-state index contributed by atoms with van der Waals surface area (Å²) in [6.45, 7) is 4.18. The number of hydrazone groups is 1. The highest BCUT2D eigenvalue weighted by molar-refractivity contribution is 7.12. The van der Waals surface area contributed by atoms with Crippen molar-refractivity contribution in [3.8, 4) is 0 Å². The van der Waals surface area contributed by atoms with E-state index in [1.165, 1.54) is 4.88 Å². The van der Waals surface area contributed by atoms with E-state index < -0.39 is 0 Å². The lowest BCUT2D eigenvalue weighted by atomic mass is 10.1. The molecule has 0 fully saturated rings. The third-order valence-electron chi connectivity index (χ3n) is 1.46. The average Bonchev–Trinajstić information content (AvgIpc) is 2.40. The van der Waals surface area contributed by atoms with Crippen molar-refractivity contribution in [3.05, 3.63) is 22.4 Å². The van der Waals surface area contributed by atoms with Gasteiger partial charge in [-0.05, 0) is 17.4 Å². The van der Waals surface area contributed by atoms with Crippen molar-refractivity contribution in [2.24, 2.45) is 16.9 Å². The van der Waals surface area contributed by atoms with E-state index in [-0.39, 0.29) is 0 Å². The maximum Gasteiger partial charge on any atom is 0.0797 e. The minimum Gasteiger partial charge on any atom is -0.323 e. The molecular formula is C8H12N2S. The van der Waals surface area contributed by atoms with Crippen LogP contribution in [0.25, 0.3) is 0 Å². The Morgan fingerprint density at radius 3 is 2.73 bits per heavy atom. The number of thiophene rings is 1. The molecule has 1 aromatic rings. The monoisotopic (exact) mass is 168 g/mol. The molecule has 0 aliphatic heterocycles. The molecule has 0 aliphatic rings. The van der Waals surface area contributed by atoms with Crippen LogP contribution < -0.4 is 5.84 Å². The Kier molecular flexibility index (Phi) is 2.65. The van der Waals surface area contributed by atoms with Crippen LogP contribution in [0.5, 0.6) is 0 Å². The first kappa shape index (κ1) is 8.27. The number of hydrogen-bond donors (Lipinski definition) is 1. The van der Waals surface area contributed by atoms with Gasteiger partial charge in [-0.1, -0.05) is 19.9 Å². The second kappa shape index (κ2) is 3.53. The Morgan fingerprint density at radius 2 is 2.36 bits per heavy atom. The fourth-order valence-electron chi connectivity index (χ4n) is 0.922. The van der Waals surface area contributed by atoms with Gasteiger partial charge in [0.05, 0.1) is 10.6 Å². The highest BCUT2D eigenvalue weighted by atomic mass is 32.1. The molecule has 1 heterocycles. The Balaban J connectivity index is 2.90. The topological polar surface area (TPSA) is 38.4 Å². The first-order valence-corrected chi connectivity index (χ1v) is 4.45. The van der Waals surface area contributed by atoms with Crippen molar-refractivity contribution in [1.29, 1.82) is 0 Å². The van der Waals surface area contributed by atoms with E-state index in [1.54, 1.807) is 11.3 Å². The number of nitrogens with zero attached hydrogens (tertiary/aromatic N) is 1. The highest BCUT2D eigenvalue weighted by Crippen LogP contribution is 2.14. The zero-order valence-electron chi connectivity index (χ0n) is 6.74. The van der Waals surface area contributed by atoms with E-state index in [9.17, 15) is 0 Å². The average molecular weight is 168 g/mol. The third-order valence-corrected chi connectivity index (χ3v) is 2.35. The summed E-state index contributed by atoms with van der Waals surface area (Å²) in [5.41, 5.74) is 0.986. The van der Waals surface area contributed by atoms with Gasteiger partial charge in [-0.2, -0.15) is 5.10 Å². The summed E-state index contributed by atoms with van der Waals surface area (Å²) in [6, 6.07) is 4.05. The predicted molar refractivity (Wildman–Crippen MR) is 49.9 cm³/mol. The van der Waals surface area contributed by atoms with Crippen LogP contribution in [0.2, 0.25) is 0 Å². The molecule has 0 amide bonds. The van der Waals surface area contributed by atoms with Crippen LogP contribution in [0, 0.1) is 5.92 Å². The van der Waals surface area contributed by atoms with E-state index in [4.69, 9.17) is 5.84 Å². The molecule has 11 heavy (non-hydrogen) atoms. The molecule has 0 saturated carbocycles. The zero-order valence-corrected chi connectivity index (χ0v) is 7.56.